The van der Waals surface area contributed by atoms with Crippen LogP contribution in [-0.2, 0) is 6.54 Å². The van der Waals surface area contributed by atoms with Gasteiger partial charge in [-0.05, 0) is 12.1 Å². The van der Waals surface area contributed by atoms with E-state index in [0.717, 1.165) is 4.57 Å². The van der Waals surface area contributed by atoms with Crippen molar-refractivity contribution >= 4 is 5.91 Å². The van der Waals surface area contributed by atoms with Crippen molar-refractivity contribution in [2.24, 2.45) is 0 Å². The number of carbonyl (C=O) groups is 1. The highest BCUT2D eigenvalue weighted by atomic mass is 19.4. The molecule has 1 N–H and O–H groups in total. The maximum Gasteiger partial charge on any atom is 0.406 e. The van der Waals surface area contributed by atoms with Crippen molar-refractivity contribution < 1.29 is 18.0 Å². The fourth-order valence-corrected chi connectivity index (χ4v) is 1.17. The molecule has 0 spiro atoms. The van der Waals surface area contributed by atoms with Gasteiger partial charge in [-0.15, -0.1) is 6.42 Å². The number of nitrogens with one attached hydrogen (secondary N) is 1. The van der Waals surface area contributed by atoms with Crippen molar-refractivity contribution in [3.63, 3.8) is 0 Å². The monoisotopic (exact) mass is 230 g/mol. The van der Waals surface area contributed by atoms with Gasteiger partial charge in [0.15, 0.2) is 0 Å². The van der Waals surface area contributed by atoms with Crippen LogP contribution in [0.1, 0.15) is 10.5 Å². The molecule has 1 aromatic heterocycles. The van der Waals surface area contributed by atoms with Crippen molar-refractivity contribution in [2.75, 3.05) is 6.54 Å². The number of hydrogen-bond donors (Lipinski definition) is 1. The Morgan fingerprint density at radius 1 is 1.56 bits per heavy atom. The first-order valence-electron chi connectivity index (χ1n) is 4.37. The quantitative estimate of drug-likeness (QED) is 0.783. The van der Waals surface area contributed by atoms with E-state index in [1.54, 1.807) is 0 Å². The standard InChI is InChI=1S/C10H9F3N2O/c1-2-5-14-9(16)8-4-3-6-15(8)7-10(11,12)13/h1,3-4,6H,5,7H2,(H,14,16). The van der Waals surface area contributed by atoms with Gasteiger partial charge in [0.2, 0.25) is 0 Å². The molecule has 0 aromatic carbocycles. The van der Waals surface area contributed by atoms with Crippen LogP contribution in [0.4, 0.5) is 13.2 Å². The molecular formula is C10H9F3N2O. The summed E-state index contributed by atoms with van der Waals surface area (Å²) in [6, 6.07) is 2.67. The number of amides is 1. The fourth-order valence-electron chi connectivity index (χ4n) is 1.17. The minimum absolute atomic E-state index is 0.0178. The maximum atomic E-state index is 12.1. The van der Waals surface area contributed by atoms with Crippen LogP contribution in [0.5, 0.6) is 0 Å². The van der Waals surface area contributed by atoms with Crippen LogP contribution in [0.3, 0.4) is 0 Å². The molecule has 1 amide bonds. The molecule has 0 atom stereocenters. The predicted molar refractivity (Wildman–Crippen MR) is 51.7 cm³/mol. The van der Waals surface area contributed by atoms with E-state index in [-0.39, 0.29) is 12.2 Å². The first-order chi connectivity index (χ1) is 7.44. The van der Waals surface area contributed by atoms with Gasteiger partial charge in [-0.25, -0.2) is 0 Å². The molecule has 0 saturated carbocycles. The van der Waals surface area contributed by atoms with Crippen LogP contribution in [0.25, 0.3) is 0 Å². The first-order valence-corrected chi connectivity index (χ1v) is 4.37. The minimum Gasteiger partial charge on any atom is -0.340 e. The summed E-state index contributed by atoms with van der Waals surface area (Å²) in [4.78, 5) is 11.4. The fraction of sp³-hybridized carbons (Fsp3) is 0.300. The molecule has 1 heterocycles. The number of hydrogen-bond acceptors (Lipinski definition) is 1. The molecule has 16 heavy (non-hydrogen) atoms. The zero-order chi connectivity index (χ0) is 12.2. The van der Waals surface area contributed by atoms with Crippen LogP contribution in [0, 0.1) is 12.3 Å². The zero-order valence-electron chi connectivity index (χ0n) is 8.21. The lowest BCUT2D eigenvalue weighted by atomic mass is 10.4. The Morgan fingerprint density at radius 3 is 2.81 bits per heavy atom. The van der Waals surface area contributed by atoms with E-state index >= 15 is 0 Å². The van der Waals surface area contributed by atoms with Gasteiger partial charge in [0.05, 0.1) is 6.54 Å². The average molecular weight is 230 g/mol. The third kappa shape index (κ3) is 3.35. The van der Waals surface area contributed by atoms with Crippen molar-refractivity contribution in [3.05, 3.63) is 24.0 Å². The third-order valence-corrected chi connectivity index (χ3v) is 1.76. The number of carbonyl (C=O) groups excluding carboxylic acids is 1. The summed E-state index contributed by atoms with van der Waals surface area (Å²) in [6.07, 6.45) is 1.75. The average Bonchev–Trinajstić information content (AvgIpc) is 2.59. The zero-order valence-corrected chi connectivity index (χ0v) is 8.21. The van der Waals surface area contributed by atoms with E-state index in [1.165, 1.54) is 18.3 Å². The van der Waals surface area contributed by atoms with Gasteiger partial charge >= 0.3 is 6.18 Å². The summed E-state index contributed by atoms with van der Waals surface area (Å²) in [7, 11) is 0. The van der Waals surface area contributed by atoms with Gasteiger partial charge in [0, 0.05) is 6.20 Å². The second kappa shape index (κ2) is 4.75. The van der Waals surface area contributed by atoms with Gasteiger partial charge < -0.3 is 9.88 Å². The highest BCUT2D eigenvalue weighted by Gasteiger charge is 2.29. The Bertz CT molecular complexity index is 414. The lowest BCUT2D eigenvalue weighted by Crippen LogP contribution is -2.28. The lowest BCUT2D eigenvalue weighted by molar-refractivity contribution is -0.140. The molecule has 1 rings (SSSR count). The number of aromatic nitrogens is 1. The minimum atomic E-state index is -4.36. The summed E-state index contributed by atoms with van der Waals surface area (Å²) in [5.74, 6) is 1.55. The molecule has 0 aliphatic heterocycles. The van der Waals surface area contributed by atoms with Crippen LogP contribution < -0.4 is 5.32 Å². The smallest absolute Gasteiger partial charge is 0.340 e. The van der Waals surface area contributed by atoms with Crippen molar-refractivity contribution in [1.82, 2.24) is 9.88 Å². The van der Waals surface area contributed by atoms with Crippen molar-refractivity contribution in [1.29, 1.82) is 0 Å². The topological polar surface area (TPSA) is 34.0 Å². The highest BCUT2D eigenvalue weighted by molar-refractivity contribution is 5.92. The Morgan fingerprint density at radius 2 is 2.25 bits per heavy atom. The third-order valence-electron chi connectivity index (χ3n) is 1.76. The summed E-state index contributed by atoms with van der Waals surface area (Å²) in [6.45, 7) is -1.21. The summed E-state index contributed by atoms with van der Waals surface area (Å²) < 4.78 is 37.2. The molecule has 86 valence electrons. The van der Waals surface area contributed by atoms with Gasteiger partial charge in [0.1, 0.15) is 12.2 Å². The molecular weight excluding hydrogens is 221 g/mol. The maximum absolute atomic E-state index is 12.1. The van der Waals surface area contributed by atoms with E-state index in [1.807, 2.05) is 0 Å². The number of alkyl halides is 3. The second-order valence-corrected chi connectivity index (χ2v) is 3.02. The molecule has 0 radical (unpaired) electrons. The van der Waals surface area contributed by atoms with Crippen LogP contribution in [-0.4, -0.2) is 23.2 Å². The van der Waals surface area contributed by atoms with Crippen molar-refractivity contribution in [3.8, 4) is 12.3 Å². The van der Waals surface area contributed by atoms with Crippen molar-refractivity contribution in [2.45, 2.75) is 12.7 Å². The number of halogens is 3. The molecule has 0 bridgehead atoms. The Hall–Kier alpha value is -1.90. The van der Waals surface area contributed by atoms with Gasteiger partial charge in [-0.2, -0.15) is 13.2 Å². The molecule has 0 aliphatic rings. The highest BCUT2D eigenvalue weighted by Crippen LogP contribution is 2.18. The molecule has 3 nitrogen and oxygen atoms in total. The summed E-state index contributed by atoms with van der Waals surface area (Å²) in [5.41, 5.74) is -0.0624. The van der Waals surface area contributed by atoms with Crippen LogP contribution >= 0.6 is 0 Å². The van der Waals surface area contributed by atoms with E-state index in [2.05, 4.69) is 11.2 Å². The Labute approximate surface area is 90.2 Å². The van der Waals surface area contributed by atoms with Crippen LogP contribution in [0.2, 0.25) is 0 Å². The molecule has 0 aliphatic carbocycles. The second-order valence-electron chi connectivity index (χ2n) is 3.02. The molecule has 0 unspecified atom stereocenters. The first kappa shape index (κ1) is 12.2. The van der Waals surface area contributed by atoms with E-state index < -0.39 is 18.6 Å². The summed E-state index contributed by atoms with van der Waals surface area (Å²) >= 11 is 0. The number of nitrogens with zero attached hydrogens (tertiary/aromatic N) is 1. The lowest BCUT2D eigenvalue weighted by Gasteiger charge is -2.11. The molecule has 0 fully saturated rings. The number of terminal acetylenes is 1. The SMILES string of the molecule is C#CCNC(=O)c1cccn1CC(F)(F)F. The van der Waals surface area contributed by atoms with Crippen LogP contribution in [0.15, 0.2) is 18.3 Å². The predicted octanol–water partition coefficient (Wildman–Crippen LogP) is 1.41. The Kier molecular flexibility index (Phi) is 3.61. The normalized spacial score (nSPS) is 10.9. The molecule has 6 heteroatoms. The summed E-state index contributed by atoms with van der Waals surface area (Å²) in [5, 5.41) is 2.30. The Balaban J connectivity index is 2.78. The van der Waals surface area contributed by atoms with E-state index in [9.17, 15) is 18.0 Å². The molecule has 0 saturated heterocycles. The van der Waals surface area contributed by atoms with Gasteiger partial charge in [0.25, 0.3) is 5.91 Å². The number of rotatable bonds is 3. The largest absolute Gasteiger partial charge is 0.406 e. The van der Waals surface area contributed by atoms with E-state index in [0.29, 0.717) is 0 Å². The molecule has 1 aromatic rings. The van der Waals surface area contributed by atoms with Gasteiger partial charge in [-0.1, -0.05) is 5.92 Å². The van der Waals surface area contributed by atoms with Gasteiger partial charge in [-0.3, -0.25) is 4.79 Å². The van der Waals surface area contributed by atoms with E-state index in [4.69, 9.17) is 6.42 Å².